The topological polar surface area (TPSA) is 117 Å². The highest BCUT2D eigenvalue weighted by atomic mass is 79.9. The lowest BCUT2D eigenvalue weighted by molar-refractivity contribution is -0.136. The van der Waals surface area contributed by atoms with Gasteiger partial charge in [0.25, 0.3) is 0 Å². The molecule has 4 N–H and O–H groups in total. The summed E-state index contributed by atoms with van der Waals surface area (Å²) in [4.78, 5) is 35.7. The van der Waals surface area contributed by atoms with Gasteiger partial charge in [-0.3, -0.25) is 14.9 Å². The predicted molar refractivity (Wildman–Crippen MR) is 136 cm³/mol. The number of anilines is 1. The van der Waals surface area contributed by atoms with Gasteiger partial charge in [0.1, 0.15) is 6.61 Å². The van der Waals surface area contributed by atoms with Crippen LogP contribution >= 0.6 is 15.9 Å². The number of carboxylic acid groups (broad SMARTS) is 1. The maximum atomic E-state index is 12.6. The summed E-state index contributed by atoms with van der Waals surface area (Å²) in [5.74, 6) is -1.29. The molecule has 0 bridgehead atoms. The Kier molecular flexibility index (Phi) is 9.82. The Labute approximate surface area is 211 Å². The molecular weight excluding hydrogens is 514 g/mol. The quantitative estimate of drug-likeness (QED) is 0.285. The number of halogens is 1. The summed E-state index contributed by atoms with van der Waals surface area (Å²) in [6.45, 7) is -0.00942. The smallest absolute Gasteiger partial charge is 0.407 e. The molecule has 0 aliphatic carbocycles. The zero-order valence-corrected chi connectivity index (χ0v) is 20.5. The third kappa shape index (κ3) is 8.55. The van der Waals surface area contributed by atoms with E-state index in [0.717, 1.165) is 15.6 Å². The van der Waals surface area contributed by atoms with Crippen LogP contribution in [0.2, 0.25) is 0 Å². The Hall–Kier alpha value is -3.69. The fourth-order valence-corrected chi connectivity index (χ4v) is 3.77. The van der Waals surface area contributed by atoms with E-state index in [1.54, 1.807) is 12.1 Å². The lowest BCUT2D eigenvalue weighted by Gasteiger charge is -2.22. The highest BCUT2D eigenvalue weighted by molar-refractivity contribution is 9.10. The summed E-state index contributed by atoms with van der Waals surface area (Å²) in [6, 6.07) is 23.6. The molecule has 182 valence electrons. The minimum atomic E-state index is -0.989. The molecule has 0 aliphatic heterocycles. The molecule has 0 radical (unpaired) electrons. The van der Waals surface area contributed by atoms with E-state index in [1.165, 1.54) is 0 Å². The molecular formula is C26H26BrN3O5. The molecule has 0 fully saturated rings. The predicted octanol–water partition coefficient (Wildman–Crippen LogP) is 4.47. The van der Waals surface area contributed by atoms with Crippen LogP contribution in [0.5, 0.6) is 0 Å². The average molecular weight is 540 g/mol. The standard InChI is InChI=1S/C26H26BrN3O5/c27-20-11-12-22(21(15-20)25(29-16-24(32)33)19-9-5-2-6-10-19)30-23(31)13-14-28-26(34)35-17-18-7-3-1-4-8-18/h1-12,15,25,29H,13-14,16-17H2,(H,28,34)(H,30,31)(H,32,33). The van der Waals surface area contributed by atoms with E-state index in [0.29, 0.717) is 11.3 Å². The van der Waals surface area contributed by atoms with E-state index in [9.17, 15) is 19.5 Å². The van der Waals surface area contributed by atoms with Crippen LogP contribution in [0.15, 0.2) is 83.3 Å². The number of nitrogens with one attached hydrogen (secondary N) is 3. The first-order valence-corrected chi connectivity index (χ1v) is 11.8. The number of alkyl carbamates (subject to hydrolysis) is 1. The minimum Gasteiger partial charge on any atom is -0.480 e. The third-order valence-electron chi connectivity index (χ3n) is 5.02. The first-order chi connectivity index (χ1) is 16.9. The molecule has 0 aliphatic rings. The number of amides is 2. The molecule has 9 heteroatoms. The summed E-state index contributed by atoms with van der Waals surface area (Å²) in [7, 11) is 0. The van der Waals surface area contributed by atoms with Gasteiger partial charge in [-0.1, -0.05) is 76.6 Å². The first kappa shape index (κ1) is 25.9. The molecule has 0 saturated carbocycles. The van der Waals surface area contributed by atoms with Crippen molar-refractivity contribution in [3.05, 3.63) is 100 Å². The normalized spacial score (nSPS) is 11.3. The van der Waals surface area contributed by atoms with Gasteiger partial charge in [0.2, 0.25) is 5.91 Å². The van der Waals surface area contributed by atoms with Gasteiger partial charge in [0.15, 0.2) is 0 Å². The number of carbonyl (C=O) groups is 3. The van der Waals surface area contributed by atoms with Crippen LogP contribution in [0, 0.1) is 0 Å². The molecule has 3 aromatic rings. The van der Waals surface area contributed by atoms with E-state index >= 15 is 0 Å². The van der Waals surface area contributed by atoms with Crippen molar-refractivity contribution < 1.29 is 24.2 Å². The molecule has 8 nitrogen and oxygen atoms in total. The molecule has 0 heterocycles. The summed E-state index contributed by atoms with van der Waals surface area (Å²) in [5.41, 5.74) is 2.96. The molecule has 0 saturated heterocycles. The summed E-state index contributed by atoms with van der Waals surface area (Å²) >= 11 is 3.45. The molecule has 3 rings (SSSR count). The average Bonchev–Trinajstić information content (AvgIpc) is 2.85. The van der Waals surface area contributed by atoms with Crippen LogP contribution in [0.4, 0.5) is 10.5 Å². The van der Waals surface area contributed by atoms with Crippen molar-refractivity contribution in [1.29, 1.82) is 0 Å². The van der Waals surface area contributed by atoms with Crippen LogP contribution in [0.25, 0.3) is 0 Å². The molecule has 35 heavy (non-hydrogen) atoms. The van der Waals surface area contributed by atoms with Gasteiger partial charge in [-0.15, -0.1) is 0 Å². The Bertz CT molecular complexity index is 1140. The first-order valence-electron chi connectivity index (χ1n) is 11.0. The van der Waals surface area contributed by atoms with Crippen LogP contribution < -0.4 is 16.0 Å². The van der Waals surface area contributed by atoms with E-state index < -0.39 is 18.1 Å². The third-order valence-corrected chi connectivity index (χ3v) is 5.52. The van der Waals surface area contributed by atoms with Gasteiger partial charge in [-0.2, -0.15) is 0 Å². The number of hydrogen-bond donors (Lipinski definition) is 4. The van der Waals surface area contributed by atoms with Crippen molar-refractivity contribution in [1.82, 2.24) is 10.6 Å². The van der Waals surface area contributed by atoms with Crippen molar-refractivity contribution in [2.24, 2.45) is 0 Å². The highest BCUT2D eigenvalue weighted by Gasteiger charge is 2.20. The molecule has 2 amide bonds. The van der Waals surface area contributed by atoms with Gasteiger partial charge in [-0.25, -0.2) is 4.79 Å². The Morgan fingerprint density at radius 2 is 1.63 bits per heavy atom. The second-order valence-electron chi connectivity index (χ2n) is 7.64. The molecule has 0 spiro atoms. The molecule has 3 aromatic carbocycles. The second-order valence-corrected chi connectivity index (χ2v) is 8.55. The molecule has 0 aromatic heterocycles. The fourth-order valence-electron chi connectivity index (χ4n) is 3.39. The largest absolute Gasteiger partial charge is 0.480 e. The number of rotatable bonds is 11. The fraction of sp³-hybridized carbons (Fsp3) is 0.192. The van der Waals surface area contributed by atoms with E-state index in [2.05, 4.69) is 31.9 Å². The van der Waals surface area contributed by atoms with Gasteiger partial charge in [0.05, 0.1) is 12.6 Å². The maximum Gasteiger partial charge on any atom is 0.407 e. The number of benzene rings is 3. The van der Waals surface area contributed by atoms with Gasteiger partial charge in [-0.05, 0) is 34.9 Å². The summed E-state index contributed by atoms with van der Waals surface area (Å²) in [6.07, 6.45) is -0.567. The van der Waals surface area contributed by atoms with Crippen LogP contribution in [-0.4, -0.2) is 36.2 Å². The number of hydrogen-bond acceptors (Lipinski definition) is 5. The van der Waals surface area contributed by atoms with Crippen molar-refractivity contribution >= 4 is 39.6 Å². The summed E-state index contributed by atoms with van der Waals surface area (Å²) < 4.78 is 5.93. The Morgan fingerprint density at radius 1 is 0.943 bits per heavy atom. The number of aliphatic carboxylic acids is 1. The lowest BCUT2D eigenvalue weighted by atomic mass is 9.97. The van der Waals surface area contributed by atoms with Crippen LogP contribution in [-0.2, 0) is 20.9 Å². The SMILES string of the molecule is O=C(O)CNC(c1ccccc1)c1cc(Br)ccc1NC(=O)CCNC(=O)OCc1ccccc1. The van der Waals surface area contributed by atoms with Crippen molar-refractivity contribution in [3.8, 4) is 0 Å². The van der Waals surface area contributed by atoms with E-state index in [1.807, 2.05) is 66.7 Å². The van der Waals surface area contributed by atoms with Crippen molar-refractivity contribution in [2.45, 2.75) is 19.1 Å². The number of carboxylic acids is 1. The molecule has 1 atom stereocenters. The minimum absolute atomic E-state index is 0.0362. The van der Waals surface area contributed by atoms with Gasteiger partial charge >= 0.3 is 12.1 Å². The Balaban J connectivity index is 1.61. The van der Waals surface area contributed by atoms with Crippen molar-refractivity contribution in [3.63, 3.8) is 0 Å². The lowest BCUT2D eigenvalue weighted by Crippen LogP contribution is -2.30. The molecule has 1 unspecified atom stereocenters. The monoisotopic (exact) mass is 539 g/mol. The van der Waals surface area contributed by atoms with Gasteiger partial charge < -0.3 is 20.5 Å². The maximum absolute atomic E-state index is 12.6. The Morgan fingerprint density at radius 3 is 2.31 bits per heavy atom. The summed E-state index contributed by atoms with van der Waals surface area (Å²) in [5, 5.41) is 17.7. The van der Waals surface area contributed by atoms with Crippen molar-refractivity contribution in [2.75, 3.05) is 18.4 Å². The zero-order chi connectivity index (χ0) is 25.0. The highest BCUT2D eigenvalue weighted by Crippen LogP contribution is 2.31. The van der Waals surface area contributed by atoms with Crippen LogP contribution in [0.1, 0.15) is 29.2 Å². The zero-order valence-electron chi connectivity index (χ0n) is 18.9. The number of carbonyl (C=O) groups excluding carboxylic acids is 2. The van der Waals surface area contributed by atoms with E-state index in [-0.39, 0.29) is 32.0 Å². The second kappa shape index (κ2) is 13.3. The van der Waals surface area contributed by atoms with Crippen LogP contribution in [0.3, 0.4) is 0 Å². The number of ether oxygens (including phenoxy) is 1. The van der Waals surface area contributed by atoms with E-state index in [4.69, 9.17) is 4.74 Å². The van der Waals surface area contributed by atoms with Gasteiger partial charge in [0, 0.05) is 23.1 Å².